The molecule has 1 unspecified atom stereocenters. The molecule has 0 aromatic heterocycles. The SMILES string of the molecule is CN(Cc1ccccc1)C1CC[C@]1(C)[C@H]1CC[C@H]2[C@@H]3[C@H](O)C[C@@H]4C[C@H](O)CC[C@]4(C)[C@H]3C[C@H](O)[C@@]21C. The third-order valence-corrected chi connectivity index (χ3v) is 13.1. The van der Waals surface area contributed by atoms with Crippen LogP contribution in [0.3, 0.4) is 0 Å². The molecule has 1 aromatic rings. The molecule has 1 aromatic carbocycles. The van der Waals surface area contributed by atoms with Crippen LogP contribution in [0, 0.1) is 45.8 Å². The molecule has 5 saturated carbocycles. The zero-order chi connectivity index (χ0) is 25.5. The van der Waals surface area contributed by atoms with Gasteiger partial charge in [0.2, 0.25) is 0 Å². The number of hydrogen-bond donors (Lipinski definition) is 3. The van der Waals surface area contributed by atoms with Crippen LogP contribution in [0.4, 0.5) is 0 Å². The van der Waals surface area contributed by atoms with E-state index < -0.39 is 0 Å². The summed E-state index contributed by atoms with van der Waals surface area (Å²) in [7, 11) is 2.29. The third kappa shape index (κ3) is 3.53. The smallest absolute Gasteiger partial charge is 0.0602 e. The second-order valence-corrected chi connectivity index (χ2v) is 14.4. The normalized spacial score (nSPS) is 52.3. The Bertz CT molecular complexity index is 954. The Hall–Kier alpha value is -0.940. The van der Waals surface area contributed by atoms with E-state index in [2.05, 4.69) is 63.1 Å². The van der Waals surface area contributed by atoms with Gasteiger partial charge in [0.15, 0.2) is 0 Å². The van der Waals surface area contributed by atoms with Crippen LogP contribution in [0.2, 0.25) is 0 Å². The molecule has 5 fully saturated rings. The lowest BCUT2D eigenvalue weighted by molar-refractivity contribution is -0.219. The molecule has 5 aliphatic carbocycles. The Morgan fingerprint density at radius 3 is 2.25 bits per heavy atom. The van der Waals surface area contributed by atoms with Crippen LogP contribution < -0.4 is 0 Å². The summed E-state index contributed by atoms with van der Waals surface area (Å²) in [5.41, 5.74) is 1.60. The molecule has 0 amide bonds. The van der Waals surface area contributed by atoms with Crippen LogP contribution in [0.5, 0.6) is 0 Å². The number of aliphatic hydroxyl groups excluding tert-OH is 3. The summed E-state index contributed by atoms with van der Waals surface area (Å²) >= 11 is 0. The molecule has 0 saturated heterocycles. The number of hydrogen-bond acceptors (Lipinski definition) is 4. The first-order chi connectivity index (χ1) is 17.1. The number of nitrogens with zero attached hydrogens (tertiary/aromatic N) is 1. The van der Waals surface area contributed by atoms with E-state index in [9.17, 15) is 15.3 Å². The van der Waals surface area contributed by atoms with Gasteiger partial charge in [-0.3, -0.25) is 4.90 Å². The minimum Gasteiger partial charge on any atom is -0.393 e. The Morgan fingerprint density at radius 2 is 1.56 bits per heavy atom. The van der Waals surface area contributed by atoms with Gasteiger partial charge >= 0.3 is 0 Å². The fourth-order valence-corrected chi connectivity index (χ4v) is 11.1. The van der Waals surface area contributed by atoms with Gasteiger partial charge in [-0.1, -0.05) is 51.1 Å². The van der Waals surface area contributed by atoms with Crippen LogP contribution in [-0.4, -0.2) is 51.6 Å². The first-order valence-electron chi connectivity index (χ1n) is 14.9. The maximum Gasteiger partial charge on any atom is 0.0602 e. The van der Waals surface area contributed by atoms with Crippen molar-refractivity contribution in [3.63, 3.8) is 0 Å². The van der Waals surface area contributed by atoms with Crippen LogP contribution in [0.25, 0.3) is 0 Å². The van der Waals surface area contributed by atoms with Gasteiger partial charge in [0.05, 0.1) is 18.3 Å². The second-order valence-electron chi connectivity index (χ2n) is 14.4. The highest BCUT2D eigenvalue weighted by atomic mass is 16.3. The molecule has 4 heteroatoms. The topological polar surface area (TPSA) is 63.9 Å². The summed E-state index contributed by atoms with van der Waals surface area (Å²) in [5.74, 6) is 1.94. The van der Waals surface area contributed by atoms with E-state index in [0.29, 0.717) is 35.6 Å². The maximum absolute atomic E-state index is 12.0. The molecule has 4 nitrogen and oxygen atoms in total. The highest BCUT2D eigenvalue weighted by Gasteiger charge is 2.69. The zero-order valence-electron chi connectivity index (χ0n) is 22.9. The standard InChI is InChI=1S/C32H49NO3/c1-30-14-12-22(34)16-21(30)17-25(35)29-23-10-11-26(32(23,3)28(36)18-24(29)30)31(2)15-13-27(31)33(4)19-20-8-6-5-7-9-20/h5-9,21-29,34-36H,10-19H2,1-4H3/t21-,22+,23-,24-,25+,26+,27?,28-,29-,30-,31+,32-/m0/s1. The van der Waals surface area contributed by atoms with Gasteiger partial charge in [-0.15, -0.1) is 0 Å². The van der Waals surface area contributed by atoms with Gasteiger partial charge in [0.1, 0.15) is 0 Å². The minimum absolute atomic E-state index is 0.124. The molecule has 12 atom stereocenters. The molecule has 0 heterocycles. The fraction of sp³-hybridized carbons (Fsp3) is 0.812. The molecule has 5 aliphatic rings. The van der Waals surface area contributed by atoms with Gasteiger partial charge in [0, 0.05) is 18.0 Å². The van der Waals surface area contributed by atoms with Crippen molar-refractivity contribution >= 4 is 0 Å². The lowest BCUT2D eigenvalue weighted by Gasteiger charge is -2.65. The monoisotopic (exact) mass is 495 g/mol. The molecule has 6 rings (SSSR count). The third-order valence-electron chi connectivity index (χ3n) is 13.1. The van der Waals surface area contributed by atoms with E-state index in [1.807, 2.05) is 0 Å². The Balaban J connectivity index is 1.26. The van der Waals surface area contributed by atoms with E-state index in [0.717, 1.165) is 45.1 Å². The van der Waals surface area contributed by atoms with Crippen LogP contribution in [-0.2, 0) is 6.54 Å². The lowest BCUT2D eigenvalue weighted by Crippen LogP contribution is -2.65. The van der Waals surface area contributed by atoms with Crippen molar-refractivity contribution in [2.45, 2.75) is 109 Å². The van der Waals surface area contributed by atoms with Gasteiger partial charge < -0.3 is 15.3 Å². The summed E-state index contributed by atoms with van der Waals surface area (Å²) in [6.45, 7) is 8.32. The van der Waals surface area contributed by atoms with Crippen molar-refractivity contribution in [1.29, 1.82) is 0 Å². The van der Waals surface area contributed by atoms with Crippen LogP contribution >= 0.6 is 0 Å². The highest BCUT2D eigenvalue weighted by molar-refractivity contribution is 5.19. The zero-order valence-corrected chi connectivity index (χ0v) is 22.9. The van der Waals surface area contributed by atoms with E-state index in [1.165, 1.54) is 24.8 Å². The summed E-state index contributed by atoms with van der Waals surface area (Å²) in [5, 5.41) is 33.9. The van der Waals surface area contributed by atoms with Crippen molar-refractivity contribution in [3.8, 4) is 0 Å². The van der Waals surface area contributed by atoms with Gasteiger partial charge in [-0.05, 0) is 111 Å². The Labute approximate surface area is 218 Å². The first-order valence-corrected chi connectivity index (χ1v) is 14.9. The summed E-state index contributed by atoms with van der Waals surface area (Å²) in [4.78, 5) is 2.57. The summed E-state index contributed by atoms with van der Waals surface area (Å²) in [6.07, 6.45) is 8.39. The molecule has 3 N–H and O–H groups in total. The molecule has 0 aliphatic heterocycles. The predicted octanol–water partition coefficient (Wildman–Crippen LogP) is 5.25. The summed E-state index contributed by atoms with van der Waals surface area (Å²) in [6, 6.07) is 11.4. The van der Waals surface area contributed by atoms with E-state index in [1.54, 1.807) is 0 Å². The van der Waals surface area contributed by atoms with Crippen molar-refractivity contribution < 1.29 is 15.3 Å². The molecular weight excluding hydrogens is 446 g/mol. The quantitative estimate of drug-likeness (QED) is 0.534. The fourth-order valence-electron chi connectivity index (χ4n) is 11.1. The van der Waals surface area contributed by atoms with Crippen molar-refractivity contribution in [1.82, 2.24) is 4.90 Å². The van der Waals surface area contributed by atoms with Gasteiger partial charge in [-0.2, -0.15) is 0 Å². The number of aliphatic hydroxyl groups is 3. The van der Waals surface area contributed by atoms with Gasteiger partial charge in [-0.25, -0.2) is 0 Å². The number of rotatable bonds is 4. The lowest BCUT2D eigenvalue weighted by atomic mass is 9.41. The minimum atomic E-state index is -0.302. The van der Waals surface area contributed by atoms with Gasteiger partial charge in [0.25, 0.3) is 0 Å². The van der Waals surface area contributed by atoms with E-state index in [4.69, 9.17) is 0 Å². The average molecular weight is 496 g/mol. The highest BCUT2D eigenvalue weighted by Crippen LogP contribution is 2.71. The number of benzene rings is 1. The molecular formula is C32H49NO3. The van der Waals surface area contributed by atoms with Crippen molar-refractivity contribution in [3.05, 3.63) is 35.9 Å². The number of fused-ring (bicyclic) bond motifs is 5. The van der Waals surface area contributed by atoms with Crippen molar-refractivity contribution in [2.75, 3.05) is 7.05 Å². The van der Waals surface area contributed by atoms with Crippen LogP contribution in [0.1, 0.15) is 84.1 Å². The maximum atomic E-state index is 12.0. The molecule has 0 radical (unpaired) electrons. The Kier molecular flexibility index (Phi) is 6.19. The molecule has 0 spiro atoms. The van der Waals surface area contributed by atoms with Crippen LogP contribution in [0.15, 0.2) is 30.3 Å². The van der Waals surface area contributed by atoms with E-state index in [-0.39, 0.29) is 34.6 Å². The molecule has 36 heavy (non-hydrogen) atoms. The van der Waals surface area contributed by atoms with E-state index >= 15 is 0 Å². The average Bonchev–Trinajstić information content (AvgIpc) is 3.19. The Morgan fingerprint density at radius 1 is 0.833 bits per heavy atom. The first kappa shape index (κ1) is 25.3. The predicted molar refractivity (Wildman–Crippen MR) is 143 cm³/mol. The molecule has 200 valence electrons. The molecule has 0 bridgehead atoms. The van der Waals surface area contributed by atoms with Crippen molar-refractivity contribution in [2.24, 2.45) is 45.8 Å². The second kappa shape index (κ2) is 8.79. The largest absolute Gasteiger partial charge is 0.393 e. The summed E-state index contributed by atoms with van der Waals surface area (Å²) < 4.78 is 0.